The van der Waals surface area contributed by atoms with E-state index in [0.717, 1.165) is 11.6 Å². The third-order valence-corrected chi connectivity index (χ3v) is 7.52. The lowest BCUT2D eigenvalue weighted by Gasteiger charge is -2.41. The summed E-state index contributed by atoms with van der Waals surface area (Å²) in [4.78, 5) is 18.1. The minimum absolute atomic E-state index is 0.0725. The minimum atomic E-state index is -1.31. The second kappa shape index (κ2) is 12.0. The van der Waals surface area contributed by atoms with E-state index in [1.54, 1.807) is 31.5 Å². The van der Waals surface area contributed by atoms with Crippen molar-refractivity contribution in [3.8, 4) is 17.6 Å². The van der Waals surface area contributed by atoms with Crippen LogP contribution in [0.3, 0.4) is 0 Å². The van der Waals surface area contributed by atoms with Crippen molar-refractivity contribution in [2.45, 2.75) is 45.2 Å². The number of aromatic nitrogens is 1. The van der Waals surface area contributed by atoms with Crippen LogP contribution in [0, 0.1) is 41.6 Å². The highest BCUT2D eigenvalue weighted by atomic mass is 19.2. The van der Waals surface area contributed by atoms with Gasteiger partial charge in [0, 0.05) is 17.6 Å². The number of nitrogens with zero attached hydrogens (tertiary/aromatic N) is 2. The molecule has 0 radical (unpaired) electrons. The number of piperidine rings is 1. The number of rotatable bonds is 8. The second-order valence-corrected chi connectivity index (χ2v) is 10.1. The molecule has 206 valence electrons. The molecule has 0 aliphatic carbocycles. The number of aliphatic carboxylic acids is 1. The van der Waals surface area contributed by atoms with Gasteiger partial charge in [-0.3, -0.25) is 14.7 Å². The molecule has 1 atom stereocenters. The first-order valence-corrected chi connectivity index (χ1v) is 12.8. The number of hydrogen-bond acceptors (Lipinski definition) is 4. The predicted octanol–water partition coefficient (Wildman–Crippen LogP) is 6.37. The van der Waals surface area contributed by atoms with Crippen LogP contribution in [0.4, 0.5) is 17.6 Å². The molecule has 2 aromatic carbocycles. The van der Waals surface area contributed by atoms with E-state index in [2.05, 4.69) is 16.8 Å². The third-order valence-electron chi connectivity index (χ3n) is 7.52. The summed E-state index contributed by atoms with van der Waals surface area (Å²) in [5.74, 6) is 1.50. The van der Waals surface area contributed by atoms with Gasteiger partial charge < -0.3 is 9.84 Å². The molecule has 1 aliphatic rings. The molecule has 0 saturated carbocycles. The highest BCUT2D eigenvalue weighted by Crippen LogP contribution is 2.43. The van der Waals surface area contributed by atoms with E-state index in [0.29, 0.717) is 60.6 Å². The van der Waals surface area contributed by atoms with Gasteiger partial charge in [0.15, 0.2) is 11.6 Å². The zero-order valence-electron chi connectivity index (χ0n) is 21.9. The summed E-state index contributed by atoms with van der Waals surface area (Å²) in [6, 6.07) is 6.64. The number of likely N-dealkylation sites (tertiary alicyclic amines) is 1. The Morgan fingerprint density at radius 1 is 1.21 bits per heavy atom. The van der Waals surface area contributed by atoms with Gasteiger partial charge in [0.25, 0.3) is 0 Å². The molecule has 1 aromatic heterocycles. The van der Waals surface area contributed by atoms with Gasteiger partial charge in [0.1, 0.15) is 17.7 Å². The lowest BCUT2D eigenvalue weighted by Crippen LogP contribution is -2.41. The summed E-state index contributed by atoms with van der Waals surface area (Å²) in [7, 11) is 1.55. The first-order valence-electron chi connectivity index (χ1n) is 12.8. The monoisotopic (exact) mass is 542 g/mol. The first kappa shape index (κ1) is 28.4. The normalized spacial score (nSPS) is 15.9. The number of carbonyl (C=O) groups is 1. The van der Waals surface area contributed by atoms with Crippen LogP contribution in [-0.2, 0) is 4.79 Å². The van der Waals surface area contributed by atoms with Crippen molar-refractivity contribution in [2.24, 2.45) is 5.41 Å². The number of hydrogen-bond donors (Lipinski definition) is 1. The molecule has 5 nitrogen and oxygen atoms in total. The number of ether oxygens (including phenoxy) is 1. The van der Waals surface area contributed by atoms with Gasteiger partial charge in [0.05, 0.1) is 31.2 Å². The Hall–Kier alpha value is -3.64. The molecule has 9 heteroatoms. The summed E-state index contributed by atoms with van der Waals surface area (Å²) < 4.78 is 61.7. The van der Waals surface area contributed by atoms with Gasteiger partial charge in [-0.05, 0) is 86.5 Å². The summed E-state index contributed by atoms with van der Waals surface area (Å²) in [5.41, 5.74) is 0.994. The van der Waals surface area contributed by atoms with Crippen molar-refractivity contribution in [1.29, 1.82) is 0 Å². The number of pyridine rings is 1. The van der Waals surface area contributed by atoms with E-state index >= 15 is 4.39 Å². The van der Waals surface area contributed by atoms with E-state index < -0.39 is 35.0 Å². The van der Waals surface area contributed by atoms with E-state index in [1.807, 2.05) is 11.8 Å². The molecule has 1 unspecified atom stereocenters. The number of methoxy groups -OCH3 is 1. The predicted molar refractivity (Wildman–Crippen MR) is 140 cm³/mol. The topological polar surface area (TPSA) is 62.7 Å². The number of halogens is 4. The van der Waals surface area contributed by atoms with Gasteiger partial charge in [-0.15, -0.1) is 0 Å². The Morgan fingerprint density at radius 2 is 1.95 bits per heavy atom. The highest BCUT2D eigenvalue weighted by molar-refractivity contribution is 5.85. The average Bonchev–Trinajstić information content (AvgIpc) is 2.90. The maximum Gasteiger partial charge on any atom is 0.303 e. The second-order valence-electron chi connectivity index (χ2n) is 10.1. The van der Waals surface area contributed by atoms with Crippen molar-refractivity contribution in [3.63, 3.8) is 0 Å². The molecule has 0 spiro atoms. The number of carboxylic acid groups (broad SMARTS) is 1. The van der Waals surface area contributed by atoms with Gasteiger partial charge in [-0.2, -0.15) is 0 Å². The smallest absolute Gasteiger partial charge is 0.303 e. The van der Waals surface area contributed by atoms with Crippen molar-refractivity contribution in [3.05, 3.63) is 70.7 Å². The summed E-state index contributed by atoms with van der Waals surface area (Å²) in [5, 5.41) is 10.3. The van der Waals surface area contributed by atoms with Crippen LogP contribution >= 0.6 is 0 Å². The molecule has 1 saturated heterocycles. The Labute approximate surface area is 224 Å². The molecule has 1 N–H and O–H groups in total. The molecule has 1 aliphatic heterocycles. The van der Waals surface area contributed by atoms with E-state index in [1.165, 1.54) is 0 Å². The van der Waals surface area contributed by atoms with Gasteiger partial charge >= 0.3 is 5.97 Å². The first-order chi connectivity index (χ1) is 18.6. The number of fused-ring (bicyclic) bond motifs is 1. The highest BCUT2D eigenvalue weighted by Gasteiger charge is 2.37. The standard InChI is InChI=1S/C30H30F4N2O3/c1-19-18-35-26-6-5-22(39-2)16-23(26)28(19)24(32)7-8-30(17-27(37)38)9-12-36(13-10-30)11-3-4-20-14-21(31)15-25(33)29(20)34/h5-6,14-16,18,24H,7-13,17H2,1-2H3,(H,37,38). The van der Waals surface area contributed by atoms with Gasteiger partial charge in [-0.1, -0.05) is 11.8 Å². The molecule has 0 amide bonds. The Morgan fingerprint density at radius 3 is 2.64 bits per heavy atom. The Bertz CT molecular complexity index is 1430. The number of aryl methyl sites for hydroxylation is 1. The quantitative estimate of drug-likeness (QED) is 0.204. The Kier molecular flexibility index (Phi) is 8.76. The van der Waals surface area contributed by atoms with Crippen molar-refractivity contribution < 1.29 is 32.2 Å². The molecular formula is C30H30F4N2O3. The lowest BCUT2D eigenvalue weighted by atomic mass is 9.71. The maximum atomic E-state index is 15.8. The molecular weight excluding hydrogens is 512 g/mol. The molecule has 1 fully saturated rings. The average molecular weight is 543 g/mol. The maximum absolute atomic E-state index is 15.8. The molecule has 0 bridgehead atoms. The zero-order valence-corrected chi connectivity index (χ0v) is 21.9. The lowest BCUT2D eigenvalue weighted by molar-refractivity contribution is -0.141. The van der Waals surface area contributed by atoms with E-state index in [4.69, 9.17) is 4.74 Å². The number of alkyl halides is 1. The third kappa shape index (κ3) is 6.69. The van der Waals surface area contributed by atoms with E-state index in [9.17, 15) is 23.1 Å². The summed E-state index contributed by atoms with van der Waals surface area (Å²) in [6.45, 7) is 3.08. The fraction of sp³-hybridized carbons (Fsp3) is 0.400. The van der Waals surface area contributed by atoms with Crippen molar-refractivity contribution >= 4 is 16.9 Å². The SMILES string of the molecule is COc1ccc2ncc(C)c(C(F)CCC3(CC(=O)O)CCN(CC#Cc4cc(F)cc(F)c4F)CC3)c2c1. The largest absolute Gasteiger partial charge is 0.497 e. The van der Waals surface area contributed by atoms with Crippen LogP contribution in [0.5, 0.6) is 5.75 Å². The van der Waals surface area contributed by atoms with Gasteiger partial charge in [-0.25, -0.2) is 17.6 Å². The fourth-order valence-corrected chi connectivity index (χ4v) is 5.33. The van der Waals surface area contributed by atoms with E-state index in [-0.39, 0.29) is 24.9 Å². The van der Waals surface area contributed by atoms with Crippen LogP contribution in [0.1, 0.15) is 55.0 Å². The van der Waals surface area contributed by atoms with Crippen molar-refractivity contribution in [1.82, 2.24) is 9.88 Å². The number of carboxylic acids is 1. The van der Waals surface area contributed by atoms with Crippen molar-refractivity contribution in [2.75, 3.05) is 26.7 Å². The van der Waals surface area contributed by atoms with Crippen LogP contribution in [0.2, 0.25) is 0 Å². The zero-order chi connectivity index (χ0) is 28.2. The minimum Gasteiger partial charge on any atom is -0.497 e. The van der Waals surface area contributed by atoms with Crippen LogP contribution in [0.25, 0.3) is 10.9 Å². The van der Waals surface area contributed by atoms with Crippen LogP contribution < -0.4 is 4.74 Å². The molecule has 3 aromatic rings. The molecule has 4 rings (SSSR count). The molecule has 2 heterocycles. The van der Waals surface area contributed by atoms with Crippen LogP contribution in [0.15, 0.2) is 36.5 Å². The van der Waals surface area contributed by atoms with Crippen LogP contribution in [-0.4, -0.2) is 47.7 Å². The summed E-state index contributed by atoms with van der Waals surface area (Å²) >= 11 is 0. The number of benzene rings is 2. The fourth-order valence-electron chi connectivity index (χ4n) is 5.33. The summed E-state index contributed by atoms with van der Waals surface area (Å²) in [6.07, 6.45) is 1.87. The molecule has 39 heavy (non-hydrogen) atoms. The Balaban J connectivity index is 1.44. The van der Waals surface area contributed by atoms with Gasteiger partial charge in [0.2, 0.25) is 0 Å².